The van der Waals surface area contributed by atoms with Gasteiger partial charge in [0.05, 0.1) is 10.9 Å². The maximum Gasteiger partial charge on any atom is 0.242 e. The molecule has 0 aliphatic rings. The van der Waals surface area contributed by atoms with Crippen molar-refractivity contribution in [2.45, 2.75) is 38.2 Å². The molecule has 1 N–H and O–H groups in total. The van der Waals surface area contributed by atoms with E-state index in [9.17, 15) is 13.2 Å². The Labute approximate surface area is 141 Å². The lowest BCUT2D eigenvalue weighted by molar-refractivity contribution is -0.115. The summed E-state index contributed by atoms with van der Waals surface area (Å²) in [6.07, 6.45) is 0. The van der Waals surface area contributed by atoms with Crippen molar-refractivity contribution >= 4 is 43.8 Å². The van der Waals surface area contributed by atoms with Crippen LogP contribution < -0.4 is 5.32 Å². The SMILES string of the molecule is Cc1cc(Cl)c2ccccc2c1NC(=O)[C@H](C)S(=O)(=O)C(C)C. The predicted octanol–water partition coefficient (Wildman–Crippen LogP) is 3.95. The average Bonchev–Trinajstić information content (AvgIpc) is 2.50. The minimum Gasteiger partial charge on any atom is -0.324 e. The van der Waals surface area contributed by atoms with Crippen LogP contribution in [0.2, 0.25) is 5.02 Å². The van der Waals surface area contributed by atoms with Gasteiger partial charge in [-0.05, 0) is 39.3 Å². The number of hydrogen-bond acceptors (Lipinski definition) is 3. The first-order valence-electron chi connectivity index (χ1n) is 7.37. The number of sulfone groups is 1. The zero-order chi connectivity index (χ0) is 17.4. The molecule has 0 spiro atoms. The normalized spacial score (nSPS) is 13.3. The molecule has 0 bridgehead atoms. The van der Waals surface area contributed by atoms with Gasteiger partial charge in [-0.2, -0.15) is 0 Å². The van der Waals surface area contributed by atoms with E-state index >= 15 is 0 Å². The van der Waals surface area contributed by atoms with Crippen molar-refractivity contribution in [3.63, 3.8) is 0 Å². The Balaban J connectivity index is 2.45. The second-order valence-corrected chi connectivity index (χ2v) is 9.10. The standard InChI is InChI=1S/C17H20ClNO3S/c1-10(2)23(21,22)12(4)17(20)19-16-11(3)9-15(18)13-7-5-6-8-14(13)16/h5-10,12H,1-4H3,(H,19,20)/t12-/m0/s1. The molecule has 1 amide bonds. The largest absolute Gasteiger partial charge is 0.324 e. The first-order chi connectivity index (χ1) is 10.7. The maximum absolute atomic E-state index is 12.4. The van der Waals surface area contributed by atoms with Crippen molar-refractivity contribution in [1.82, 2.24) is 0 Å². The van der Waals surface area contributed by atoms with Gasteiger partial charge in [-0.3, -0.25) is 4.79 Å². The Hall–Kier alpha value is -1.59. The van der Waals surface area contributed by atoms with Crippen LogP contribution in [0, 0.1) is 6.92 Å². The van der Waals surface area contributed by atoms with Crippen molar-refractivity contribution in [2.75, 3.05) is 5.32 Å². The van der Waals surface area contributed by atoms with Crippen LogP contribution in [0.5, 0.6) is 0 Å². The topological polar surface area (TPSA) is 63.2 Å². The molecule has 1 atom stereocenters. The van der Waals surface area contributed by atoms with Crippen LogP contribution in [0.4, 0.5) is 5.69 Å². The summed E-state index contributed by atoms with van der Waals surface area (Å²) in [6, 6.07) is 9.19. The quantitative estimate of drug-likeness (QED) is 0.905. The number of amides is 1. The highest BCUT2D eigenvalue weighted by Crippen LogP contribution is 2.33. The molecule has 4 nitrogen and oxygen atoms in total. The molecule has 23 heavy (non-hydrogen) atoms. The summed E-state index contributed by atoms with van der Waals surface area (Å²) in [7, 11) is -3.51. The Bertz CT molecular complexity index is 860. The third kappa shape index (κ3) is 3.35. The third-order valence-corrected chi connectivity index (χ3v) is 6.79. The van der Waals surface area contributed by atoms with Crippen LogP contribution in [-0.2, 0) is 14.6 Å². The predicted molar refractivity (Wildman–Crippen MR) is 95.8 cm³/mol. The molecule has 2 aromatic rings. The fraction of sp³-hybridized carbons (Fsp3) is 0.353. The van der Waals surface area contributed by atoms with Crippen molar-refractivity contribution in [2.24, 2.45) is 0 Å². The van der Waals surface area contributed by atoms with E-state index in [2.05, 4.69) is 5.32 Å². The molecule has 0 fully saturated rings. The molecule has 0 aromatic heterocycles. The van der Waals surface area contributed by atoms with Gasteiger partial charge in [-0.15, -0.1) is 0 Å². The highest BCUT2D eigenvalue weighted by molar-refractivity contribution is 7.93. The van der Waals surface area contributed by atoms with E-state index in [0.717, 1.165) is 16.3 Å². The number of fused-ring (bicyclic) bond motifs is 1. The minimum absolute atomic E-state index is 0.533. The maximum atomic E-state index is 12.4. The van der Waals surface area contributed by atoms with E-state index in [1.165, 1.54) is 6.92 Å². The van der Waals surface area contributed by atoms with Gasteiger partial charge in [0.2, 0.25) is 5.91 Å². The van der Waals surface area contributed by atoms with Crippen LogP contribution in [-0.4, -0.2) is 24.8 Å². The van der Waals surface area contributed by atoms with Gasteiger partial charge in [0.25, 0.3) is 0 Å². The molecule has 0 heterocycles. The lowest BCUT2D eigenvalue weighted by Gasteiger charge is -2.18. The smallest absolute Gasteiger partial charge is 0.242 e. The molecular weight excluding hydrogens is 334 g/mol. The van der Waals surface area contributed by atoms with Gasteiger partial charge in [0.1, 0.15) is 5.25 Å². The van der Waals surface area contributed by atoms with E-state index in [4.69, 9.17) is 11.6 Å². The van der Waals surface area contributed by atoms with Crippen molar-refractivity contribution in [1.29, 1.82) is 0 Å². The summed E-state index contributed by atoms with van der Waals surface area (Å²) in [5, 5.41) is 3.25. The molecule has 124 valence electrons. The first-order valence-corrected chi connectivity index (χ1v) is 9.36. The summed E-state index contributed by atoms with van der Waals surface area (Å²) < 4.78 is 24.4. The summed E-state index contributed by atoms with van der Waals surface area (Å²) in [5.74, 6) is -0.533. The lowest BCUT2D eigenvalue weighted by Crippen LogP contribution is -2.36. The lowest BCUT2D eigenvalue weighted by atomic mass is 10.0. The molecular formula is C17H20ClNO3S. The molecule has 0 radical (unpaired) electrons. The van der Waals surface area contributed by atoms with E-state index in [1.54, 1.807) is 19.9 Å². The molecule has 0 saturated carbocycles. The Morgan fingerprint density at radius 2 is 1.70 bits per heavy atom. The van der Waals surface area contributed by atoms with Gasteiger partial charge >= 0.3 is 0 Å². The van der Waals surface area contributed by atoms with Crippen LogP contribution >= 0.6 is 11.6 Å². The Morgan fingerprint density at radius 1 is 1.13 bits per heavy atom. The van der Waals surface area contributed by atoms with Crippen LogP contribution in [0.1, 0.15) is 26.3 Å². The van der Waals surface area contributed by atoms with Crippen LogP contribution in [0.3, 0.4) is 0 Å². The van der Waals surface area contributed by atoms with Gasteiger partial charge in [0.15, 0.2) is 9.84 Å². The number of carbonyl (C=O) groups is 1. The van der Waals surface area contributed by atoms with Crippen molar-refractivity contribution in [3.8, 4) is 0 Å². The van der Waals surface area contributed by atoms with Crippen LogP contribution in [0.15, 0.2) is 30.3 Å². The molecule has 0 aliphatic carbocycles. The van der Waals surface area contributed by atoms with E-state index in [1.807, 2.05) is 31.2 Å². The summed E-state index contributed by atoms with van der Waals surface area (Å²) in [4.78, 5) is 12.4. The molecule has 0 saturated heterocycles. The number of nitrogens with one attached hydrogen (secondary N) is 1. The zero-order valence-corrected chi connectivity index (χ0v) is 15.1. The second-order valence-electron chi connectivity index (χ2n) is 5.87. The highest BCUT2D eigenvalue weighted by atomic mass is 35.5. The summed E-state index contributed by atoms with van der Waals surface area (Å²) >= 11 is 6.24. The van der Waals surface area contributed by atoms with Gasteiger partial charge in [0, 0.05) is 15.8 Å². The Morgan fingerprint density at radius 3 is 2.26 bits per heavy atom. The first kappa shape index (κ1) is 17.8. The fourth-order valence-electron chi connectivity index (χ4n) is 2.41. The number of benzene rings is 2. The highest BCUT2D eigenvalue weighted by Gasteiger charge is 2.31. The number of halogens is 1. The fourth-order valence-corrected chi connectivity index (χ4v) is 3.91. The second kappa shape index (κ2) is 6.49. The number of aryl methyl sites for hydroxylation is 1. The molecule has 0 aliphatic heterocycles. The van der Waals surface area contributed by atoms with E-state index < -0.39 is 26.2 Å². The minimum atomic E-state index is -3.51. The number of anilines is 1. The Kier molecular flexibility index (Phi) is 5.01. The average molecular weight is 354 g/mol. The molecule has 2 rings (SSSR count). The number of rotatable bonds is 4. The summed E-state index contributed by atoms with van der Waals surface area (Å²) in [5.41, 5.74) is 1.39. The van der Waals surface area contributed by atoms with E-state index in [-0.39, 0.29) is 0 Å². The van der Waals surface area contributed by atoms with E-state index in [0.29, 0.717) is 10.7 Å². The van der Waals surface area contributed by atoms with Crippen molar-refractivity contribution in [3.05, 3.63) is 40.9 Å². The third-order valence-electron chi connectivity index (χ3n) is 3.96. The van der Waals surface area contributed by atoms with Gasteiger partial charge in [-0.25, -0.2) is 8.42 Å². The molecule has 2 aromatic carbocycles. The van der Waals surface area contributed by atoms with Crippen molar-refractivity contribution < 1.29 is 13.2 Å². The molecule has 0 unspecified atom stereocenters. The number of hydrogen-bond donors (Lipinski definition) is 1. The zero-order valence-electron chi connectivity index (χ0n) is 13.6. The van der Waals surface area contributed by atoms with Gasteiger partial charge < -0.3 is 5.32 Å². The monoisotopic (exact) mass is 353 g/mol. The summed E-state index contributed by atoms with van der Waals surface area (Å²) in [6.45, 7) is 6.39. The van der Waals surface area contributed by atoms with Crippen LogP contribution in [0.25, 0.3) is 10.8 Å². The molecule has 6 heteroatoms. The number of carbonyl (C=O) groups excluding carboxylic acids is 1. The van der Waals surface area contributed by atoms with Gasteiger partial charge in [-0.1, -0.05) is 35.9 Å².